The van der Waals surface area contributed by atoms with E-state index in [9.17, 15) is 14.4 Å². The van der Waals surface area contributed by atoms with Gasteiger partial charge in [-0.15, -0.1) is 0 Å². The summed E-state index contributed by atoms with van der Waals surface area (Å²) in [6.45, 7) is 6.52. The maximum Gasteiger partial charge on any atom is 0.343 e. The lowest BCUT2D eigenvalue weighted by Crippen LogP contribution is -2.32. The first-order valence-corrected chi connectivity index (χ1v) is 13.0. The van der Waals surface area contributed by atoms with Gasteiger partial charge < -0.3 is 9.47 Å². The number of thioether (sulfide) groups is 1. The molecule has 1 aliphatic rings. The van der Waals surface area contributed by atoms with Crippen LogP contribution in [0.5, 0.6) is 11.5 Å². The molecule has 3 aromatic rings. The van der Waals surface area contributed by atoms with E-state index in [4.69, 9.17) is 21.1 Å². The molecule has 1 heterocycles. The number of carbonyl (C=O) groups is 3. The number of rotatable bonds is 8. The van der Waals surface area contributed by atoms with Crippen LogP contribution in [-0.2, 0) is 4.79 Å². The highest BCUT2D eigenvalue weighted by Crippen LogP contribution is 2.33. The van der Waals surface area contributed by atoms with Crippen LogP contribution in [0.25, 0.3) is 6.08 Å². The largest absolute Gasteiger partial charge is 0.491 e. The lowest BCUT2D eigenvalue weighted by molar-refractivity contribution is -0.123. The van der Waals surface area contributed by atoms with Gasteiger partial charge in [-0.3, -0.25) is 14.5 Å². The normalized spacial score (nSPS) is 14.5. The molecule has 1 fully saturated rings. The van der Waals surface area contributed by atoms with Gasteiger partial charge in [0, 0.05) is 5.02 Å². The Kier molecular flexibility index (Phi) is 8.36. The second-order valence-corrected chi connectivity index (χ2v) is 10.3. The Morgan fingerprint density at radius 2 is 1.81 bits per heavy atom. The highest BCUT2D eigenvalue weighted by atomic mass is 35.5. The second-order valence-electron chi connectivity index (χ2n) is 8.85. The van der Waals surface area contributed by atoms with Crippen molar-refractivity contribution in [2.45, 2.75) is 26.7 Å². The smallest absolute Gasteiger partial charge is 0.343 e. The van der Waals surface area contributed by atoms with Gasteiger partial charge in [-0.2, -0.15) is 0 Å². The first-order valence-electron chi connectivity index (χ1n) is 11.8. The van der Waals surface area contributed by atoms with Crippen LogP contribution in [0.2, 0.25) is 5.02 Å². The monoisotopic (exact) mass is 535 g/mol. The molecular weight excluding hydrogens is 510 g/mol. The fourth-order valence-corrected chi connectivity index (χ4v) is 4.75. The van der Waals surface area contributed by atoms with Crippen LogP contribution in [0.15, 0.2) is 71.6 Å². The first kappa shape index (κ1) is 26.5. The van der Waals surface area contributed by atoms with Crippen LogP contribution in [-0.4, -0.2) is 35.2 Å². The van der Waals surface area contributed by atoms with Gasteiger partial charge in [0.1, 0.15) is 18.1 Å². The number of nitrogens with zero attached hydrogens (tertiary/aromatic N) is 1. The minimum Gasteiger partial charge on any atom is -0.491 e. The first-order chi connectivity index (χ1) is 17.7. The maximum atomic E-state index is 12.9. The van der Waals surface area contributed by atoms with Gasteiger partial charge >= 0.3 is 5.97 Å². The Hall–Kier alpha value is -3.55. The number of esters is 1. The molecule has 37 heavy (non-hydrogen) atoms. The molecule has 0 saturated carbocycles. The van der Waals surface area contributed by atoms with Gasteiger partial charge in [-0.25, -0.2) is 4.79 Å². The fraction of sp³-hybridized carbons (Fsp3) is 0.207. The Bertz CT molecular complexity index is 1370. The van der Waals surface area contributed by atoms with E-state index in [1.54, 1.807) is 54.6 Å². The zero-order chi connectivity index (χ0) is 26.5. The van der Waals surface area contributed by atoms with E-state index in [1.165, 1.54) is 4.90 Å². The molecule has 3 aromatic carbocycles. The number of ether oxygens (including phenoxy) is 2. The molecule has 0 aliphatic carbocycles. The predicted octanol–water partition coefficient (Wildman–Crippen LogP) is 7.11. The van der Waals surface area contributed by atoms with E-state index < -0.39 is 5.97 Å². The summed E-state index contributed by atoms with van der Waals surface area (Å²) in [4.78, 5) is 39.4. The molecular formula is C29H26ClNO5S. The minimum atomic E-state index is -0.525. The Balaban J connectivity index is 1.40. The molecule has 4 rings (SSSR count). The van der Waals surface area contributed by atoms with Crippen molar-refractivity contribution in [1.82, 2.24) is 4.90 Å². The van der Waals surface area contributed by atoms with Gasteiger partial charge in [0.25, 0.3) is 11.1 Å². The number of halogens is 1. The number of carbonyl (C=O) groups excluding carboxylic acids is 3. The molecule has 0 atom stereocenters. The summed E-state index contributed by atoms with van der Waals surface area (Å²) >= 11 is 6.74. The molecule has 8 heteroatoms. The Morgan fingerprint density at radius 1 is 1.05 bits per heavy atom. The highest BCUT2D eigenvalue weighted by Gasteiger charge is 2.34. The van der Waals surface area contributed by atoms with E-state index in [-0.39, 0.29) is 30.2 Å². The summed E-state index contributed by atoms with van der Waals surface area (Å²) in [7, 11) is 0. The van der Waals surface area contributed by atoms with Crippen LogP contribution >= 0.6 is 23.4 Å². The summed E-state index contributed by atoms with van der Waals surface area (Å²) in [6, 6.07) is 19.2. The molecule has 0 unspecified atom stereocenters. The van der Waals surface area contributed by atoms with Crippen LogP contribution in [0.4, 0.5) is 4.79 Å². The molecule has 6 nitrogen and oxygen atoms in total. The van der Waals surface area contributed by atoms with Crippen LogP contribution in [0, 0.1) is 6.92 Å². The molecule has 1 saturated heterocycles. The molecule has 2 amide bonds. The van der Waals surface area contributed by atoms with Crippen molar-refractivity contribution in [3.8, 4) is 11.5 Å². The van der Waals surface area contributed by atoms with Gasteiger partial charge in [-0.05, 0) is 89.8 Å². The lowest BCUT2D eigenvalue weighted by atomic mass is 10.0. The number of imide groups is 1. The average Bonchev–Trinajstić information content (AvgIpc) is 3.11. The zero-order valence-electron chi connectivity index (χ0n) is 20.7. The molecule has 0 N–H and O–H groups in total. The van der Waals surface area contributed by atoms with Gasteiger partial charge in [-0.1, -0.05) is 49.7 Å². The van der Waals surface area contributed by atoms with Gasteiger partial charge in [0.15, 0.2) is 0 Å². The summed E-state index contributed by atoms with van der Waals surface area (Å²) in [6.07, 6.45) is 1.61. The van der Waals surface area contributed by atoms with E-state index in [0.29, 0.717) is 26.8 Å². The van der Waals surface area contributed by atoms with Crippen molar-refractivity contribution in [1.29, 1.82) is 0 Å². The molecule has 0 bridgehead atoms. The van der Waals surface area contributed by atoms with Gasteiger partial charge in [0.2, 0.25) is 0 Å². The van der Waals surface area contributed by atoms with E-state index in [2.05, 4.69) is 13.8 Å². The van der Waals surface area contributed by atoms with E-state index >= 15 is 0 Å². The molecule has 0 aromatic heterocycles. The summed E-state index contributed by atoms with van der Waals surface area (Å²) in [5.41, 5.74) is 3.15. The Morgan fingerprint density at radius 3 is 2.54 bits per heavy atom. The fourth-order valence-electron chi connectivity index (χ4n) is 3.75. The summed E-state index contributed by atoms with van der Waals surface area (Å²) < 4.78 is 11.4. The quantitative estimate of drug-likeness (QED) is 0.174. The third-order valence-electron chi connectivity index (χ3n) is 5.68. The van der Waals surface area contributed by atoms with Crippen molar-refractivity contribution < 1.29 is 23.9 Å². The minimum absolute atomic E-state index is 0.145. The van der Waals surface area contributed by atoms with Gasteiger partial charge in [0.05, 0.1) is 17.0 Å². The lowest BCUT2D eigenvalue weighted by Gasteiger charge is -2.17. The van der Waals surface area contributed by atoms with Crippen LogP contribution < -0.4 is 9.47 Å². The average molecular weight is 536 g/mol. The summed E-state index contributed by atoms with van der Waals surface area (Å²) in [5.74, 6) is 0.471. The van der Waals surface area contributed by atoms with Crippen molar-refractivity contribution in [3.05, 3.63) is 98.9 Å². The molecule has 0 radical (unpaired) electrons. The van der Waals surface area contributed by atoms with E-state index in [0.717, 1.165) is 28.6 Å². The van der Waals surface area contributed by atoms with Crippen molar-refractivity contribution in [3.63, 3.8) is 0 Å². The summed E-state index contributed by atoms with van der Waals surface area (Å²) in [5, 5.41) is 0.174. The molecule has 0 spiro atoms. The Labute approximate surface area is 225 Å². The number of aryl methyl sites for hydroxylation is 1. The number of hydrogen-bond donors (Lipinski definition) is 0. The topological polar surface area (TPSA) is 72.9 Å². The third kappa shape index (κ3) is 6.61. The molecule has 1 aliphatic heterocycles. The van der Waals surface area contributed by atoms with Crippen LogP contribution in [0.1, 0.15) is 46.8 Å². The second kappa shape index (κ2) is 11.7. The van der Waals surface area contributed by atoms with Crippen molar-refractivity contribution in [2.75, 3.05) is 13.2 Å². The van der Waals surface area contributed by atoms with Crippen LogP contribution in [0.3, 0.4) is 0 Å². The number of amides is 2. The standard InChI is InChI=1S/C29H26ClNO5S/c1-18(2)24-12-7-19(3)15-25(24)35-14-13-31-27(32)26(37-29(31)34)17-20-5-4-6-23(16-20)36-28(33)21-8-10-22(30)11-9-21/h4-12,15-18H,13-14H2,1-3H3/b26-17-. The number of hydrogen-bond acceptors (Lipinski definition) is 6. The van der Waals surface area contributed by atoms with Crippen molar-refractivity contribution >= 4 is 46.6 Å². The predicted molar refractivity (Wildman–Crippen MR) is 146 cm³/mol. The third-order valence-corrected chi connectivity index (χ3v) is 6.84. The number of benzene rings is 3. The highest BCUT2D eigenvalue weighted by molar-refractivity contribution is 8.18. The molecule has 190 valence electrons. The maximum absolute atomic E-state index is 12.9. The SMILES string of the molecule is Cc1ccc(C(C)C)c(OCCN2C(=O)S/C(=C\c3cccc(OC(=O)c4ccc(Cl)cc4)c3)C2=O)c1. The van der Waals surface area contributed by atoms with Crippen molar-refractivity contribution in [2.24, 2.45) is 0 Å². The zero-order valence-corrected chi connectivity index (χ0v) is 22.3. The van der Waals surface area contributed by atoms with E-state index in [1.807, 2.05) is 25.1 Å².